The number of nitrogens with two attached hydrogens (primary N) is 1. The Morgan fingerprint density at radius 1 is 1.48 bits per heavy atom. The third kappa shape index (κ3) is 2.81. The SMILES string of the molecule is CC1(C)C[C@]2(CCCN2C(=O)c2ccncn2)[C@H](CC(N)=O)O1. The molecule has 3 rings (SSSR count). The van der Waals surface area contributed by atoms with Crippen LogP contribution >= 0.6 is 0 Å². The lowest BCUT2D eigenvalue weighted by Crippen LogP contribution is -2.53. The van der Waals surface area contributed by atoms with Gasteiger partial charge in [0.25, 0.3) is 5.91 Å². The van der Waals surface area contributed by atoms with Crippen molar-refractivity contribution in [3.8, 4) is 0 Å². The van der Waals surface area contributed by atoms with Crippen molar-refractivity contribution in [1.29, 1.82) is 0 Å². The molecule has 0 saturated carbocycles. The Balaban J connectivity index is 1.94. The lowest BCUT2D eigenvalue weighted by Gasteiger charge is -2.38. The average Bonchev–Trinajstić information content (AvgIpc) is 3.00. The van der Waals surface area contributed by atoms with Crippen LogP contribution in [0.15, 0.2) is 18.6 Å². The van der Waals surface area contributed by atoms with Gasteiger partial charge in [0.05, 0.1) is 23.7 Å². The molecule has 7 nitrogen and oxygen atoms in total. The van der Waals surface area contributed by atoms with Crippen LogP contribution in [0, 0.1) is 0 Å². The van der Waals surface area contributed by atoms with Crippen LogP contribution < -0.4 is 5.73 Å². The van der Waals surface area contributed by atoms with Gasteiger partial charge in [-0.2, -0.15) is 0 Å². The predicted molar refractivity (Wildman–Crippen MR) is 82.4 cm³/mol. The van der Waals surface area contributed by atoms with Gasteiger partial charge in [0.15, 0.2) is 0 Å². The first-order valence-corrected chi connectivity index (χ1v) is 7.88. The molecular weight excluding hydrogens is 296 g/mol. The smallest absolute Gasteiger partial charge is 0.273 e. The highest BCUT2D eigenvalue weighted by molar-refractivity contribution is 5.93. The third-order valence-corrected chi connectivity index (χ3v) is 4.75. The van der Waals surface area contributed by atoms with Crippen LogP contribution in [0.3, 0.4) is 0 Å². The molecular formula is C16H22N4O3. The fourth-order valence-corrected chi connectivity index (χ4v) is 4.08. The minimum absolute atomic E-state index is 0.122. The van der Waals surface area contributed by atoms with Gasteiger partial charge in [0, 0.05) is 19.2 Å². The van der Waals surface area contributed by atoms with Gasteiger partial charge < -0.3 is 15.4 Å². The van der Waals surface area contributed by atoms with Gasteiger partial charge in [-0.05, 0) is 32.8 Å². The highest BCUT2D eigenvalue weighted by Gasteiger charge is 2.58. The van der Waals surface area contributed by atoms with Gasteiger partial charge in [-0.25, -0.2) is 9.97 Å². The van der Waals surface area contributed by atoms with Crippen LogP contribution in [0.25, 0.3) is 0 Å². The van der Waals surface area contributed by atoms with E-state index in [1.165, 1.54) is 6.33 Å². The van der Waals surface area contributed by atoms with Gasteiger partial charge in [0.2, 0.25) is 5.91 Å². The van der Waals surface area contributed by atoms with Crippen molar-refractivity contribution in [2.75, 3.05) is 6.54 Å². The van der Waals surface area contributed by atoms with Crippen LogP contribution in [0.4, 0.5) is 0 Å². The van der Waals surface area contributed by atoms with Crippen LogP contribution in [-0.2, 0) is 9.53 Å². The van der Waals surface area contributed by atoms with Gasteiger partial charge in [0.1, 0.15) is 12.0 Å². The van der Waals surface area contributed by atoms with E-state index in [0.717, 1.165) is 12.8 Å². The fraction of sp³-hybridized carbons (Fsp3) is 0.625. The number of nitrogens with zero attached hydrogens (tertiary/aromatic N) is 3. The summed E-state index contributed by atoms with van der Waals surface area (Å²) in [6, 6.07) is 1.61. The van der Waals surface area contributed by atoms with E-state index in [1.807, 2.05) is 18.7 Å². The van der Waals surface area contributed by atoms with Crippen LogP contribution in [0.1, 0.15) is 50.0 Å². The molecule has 0 radical (unpaired) electrons. The average molecular weight is 318 g/mol. The number of ether oxygens (including phenoxy) is 1. The summed E-state index contributed by atoms with van der Waals surface area (Å²) in [5.41, 5.74) is 4.89. The number of carbonyl (C=O) groups excluding carboxylic acids is 2. The standard InChI is InChI=1S/C16H22N4O3/c1-15(2)9-16(12(23-15)8-13(17)21)5-3-7-20(16)14(22)11-4-6-18-10-19-11/h4,6,10,12H,3,5,7-9H2,1-2H3,(H2,17,21)/t12-,16+/m0/s1. The number of likely N-dealkylation sites (tertiary alicyclic amines) is 1. The zero-order chi connectivity index (χ0) is 16.7. The second-order valence-electron chi connectivity index (χ2n) is 6.97. The van der Waals surface area contributed by atoms with Crippen molar-refractivity contribution in [3.05, 3.63) is 24.3 Å². The summed E-state index contributed by atoms with van der Waals surface area (Å²) in [7, 11) is 0. The van der Waals surface area contributed by atoms with Crippen LogP contribution in [-0.4, -0.2) is 50.5 Å². The molecule has 3 heterocycles. The molecule has 0 bridgehead atoms. The highest BCUT2D eigenvalue weighted by atomic mass is 16.5. The molecule has 0 unspecified atom stereocenters. The van der Waals surface area contributed by atoms with Crippen molar-refractivity contribution in [3.63, 3.8) is 0 Å². The topological polar surface area (TPSA) is 98.4 Å². The van der Waals surface area contributed by atoms with Crippen LogP contribution in [0.2, 0.25) is 0 Å². The first kappa shape index (κ1) is 15.9. The normalized spacial score (nSPS) is 29.1. The minimum atomic E-state index is -0.486. The Morgan fingerprint density at radius 2 is 2.26 bits per heavy atom. The Morgan fingerprint density at radius 3 is 2.91 bits per heavy atom. The Hall–Kier alpha value is -2.02. The summed E-state index contributed by atoms with van der Waals surface area (Å²) in [6.45, 7) is 4.61. The van der Waals surface area contributed by atoms with E-state index >= 15 is 0 Å². The molecule has 23 heavy (non-hydrogen) atoms. The van der Waals surface area contributed by atoms with E-state index in [2.05, 4.69) is 9.97 Å². The number of amides is 2. The molecule has 2 saturated heterocycles. The first-order chi connectivity index (χ1) is 10.8. The molecule has 2 fully saturated rings. The molecule has 1 spiro atoms. The molecule has 0 aromatic carbocycles. The molecule has 2 aliphatic heterocycles. The molecule has 1 aromatic rings. The maximum atomic E-state index is 12.9. The van der Waals surface area contributed by atoms with Crippen molar-refractivity contribution in [2.24, 2.45) is 5.73 Å². The summed E-state index contributed by atoms with van der Waals surface area (Å²) in [4.78, 5) is 34.1. The second kappa shape index (κ2) is 5.56. The second-order valence-corrected chi connectivity index (χ2v) is 6.97. The summed E-state index contributed by atoms with van der Waals surface area (Å²) >= 11 is 0. The number of rotatable bonds is 3. The first-order valence-electron chi connectivity index (χ1n) is 7.88. The summed E-state index contributed by atoms with van der Waals surface area (Å²) in [5, 5.41) is 0. The largest absolute Gasteiger partial charge is 0.370 e. The van der Waals surface area contributed by atoms with Gasteiger partial charge >= 0.3 is 0 Å². The van der Waals surface area contributed by atoms with E-state index in [4.69, 9.17) is 10.5 Å². The Kier molecular flexibility index (Phi) is 3.83. The quantitative estimate of drug-likeness (QED) is 0.892. The fourth-order valence-electron chi connectivity index (χ4n) is 4.08. The maximum Gasteiger partial charge on any atom is 0.273 e. The van der Waals surface area contributed by atoms with E-state index in [-0.39, 0.29) is 18.4 Å². The lowest BCUT2D eigenvalue weighted by molar-refractivity contribution is -0.123. The maximum absolute atomic E-state index is 12.9. The van der Waals surface area contributed by atoms with E-state index in [0.29, 0.717) is 18.7 Å². The van der Waals surface area contributed by atoms with E-state index in [1.54, 1.807) is 12.3 Å². The monoisotopic (exact) mass is 318 g/mol. The minimum Gasteiger partial charge on any atom is -0.370 e. The van der Waals surface area contributed by atoms with Gasteiger partial charge in [-0.3, -0.25) is 9.59 Å². The van der Waals surface area contributed by atoms with Gasteiger partial charge in [-0.15, -0.1) is 0 Å². The number of aromatic nitrogens is 2. The molecule has 2 amide bonds. The van der Waals surface area contributed by atoms with E-state index in [9.17, 15) is 9.59 Å². The molecule has 2 atom stereocenters. The van der Waals surface area contributed by atoms with Crippen LogP contribution in [0.5, 0.6) is 0 Å². The lowest BCUT2D eigenvalue weighted by atomic mass is 9.82. The predicted octanol–water partition coefficient (Wildman–Crippen LogP) is 0.894. The molecule has 7 heteroatoms. The third-order valence-electron chi connectivity index (χ3n) is 4.75. The number of hydrogen-bond donors (Lipinski definition) is 1. The molecule has 0 aliphatic carbocycles. The van der Waals surface area contributed by atoms with Crippen molar-refractivity contribution in [1.82, 2.24) is 14.9 Å². The summed E-state index contributed by atoms with van der Waals surface area (Å²) in [6.07, 6.45) is 5.05. The molecule has 1 aromatic heterocycles. The number of hydrogen-bond acceptors (Lipinski definition) is 5. The summed E-state index contributed by atoms with van der Waals surface area (Å²) < 4.78 is 6.09. The number of primary amides is 1. The van der Waals surface area contributed by atoms with Gasteiger partial charge in [-0.1, -0.05) is 0 Å². The zero-order valence-electron chi connectivity index (χ0n) is 13.5. The van der Waals surface area contributed by atoms with E-state index < -0.39 is 17.0 Å². The van der Waals surface area contributed by atoms with Crippen molar-refractivity contribution in [2.45, 2.75) is 56.8 Å². The zero-order valence-corrected chi connectivity index (χ0v) is 13.5. The highest BCUT2D eigenvalue weighted by Crippen LogP contribution is 2.49. The molecule has 2 N–H and O–H groups in total. The summed E-state index contributed by atoms with van der Waals surface area (Å²) in [5.74, 6) is -0.547. The molecule has 124 valence electrons. The molecule has 2 aliphatic rings. The Bertz CT molecular complexity index is 619. The Labute approximate surface area is 135 Å². The van der Waals surface area contributed by atoms with Crippen molar-refractivity contribution < 1.29 is 14.3 Å². The van der Waals surface area contributed by atoms with Crippen molar-refractivity contribution >= 4 is 11.8 Å². The number of carbonyl (C=O) groups is 2.